The van der Waals surface area contributed by atoms with E-state index in [0.717, 1.165) is 0 Å². The zero-order valence-electron chi connectivity index (χ0n) is 27.2. The van der Waals surface area contributed by atoms with Gasteiger partial charge in [0, 0.05) is 36.8 Å². The van der Waals surface area contributed by atoms with Crippen molar-refractivity contribution in [3.05, 3.63) is 47.0 Å². The number of phenolic OH excluding ortho intramolecular Hbond substituents is 1. The predicted octanol–water partition coefficient (Wildman–Crippen LogP) is -0.107. The van der Waals surface area contributed by atoms with Gasteiger partial charge >= 0.3 is 5.97 Å². The molecule has 0 spiro atoms. The first-order valence-electron chi connectivity index (χ1n) is 15.5. The van der Waals surface area contributed by atoms with Gasteiger partial charge in [-0.1, -0.05) is 12.1 Å². The minimum absolute atomic E-state index is 0.0672. The smallest absolute Gasteiger partial charge is 0.325 e. The van der Waals surface area contributed by atoms with Crippen molar-refractivity contribution in [2.24, 2.45) is 29.4 Å². The fourth-order valence-corrected chi connectivity index (χ4v) is 7.57. The summed E-state index contributed by atoms with van der Waals surface area (Å²) in [6.45, 7) is 1.44. The standard InChI is InChI=1S/C34H38N4O10/c1-6-48-22(39)14-36-33(46)16-9-7-8-15(10-16)18-13-21(37(2)3)19-11-17-12-20-26(38(4)5)29(42)25(32(35)45)31(44)34(20,47)30(43)23(17)28(41)24(19)27(18)40/h7-10,13,17,20,23,25-26,40,47H,6,11-12,14H2,1-5H3,(H2,35,45)(H,36,46). The lowest BCUT2D eigenvalue weighted by atomic mass is 9.52. The number of carbonyl (C=O) groups excluding carboxylic acids is 7. The van der Waals surface area contributed by atoms with E-state index in [1.807, 2.05) is 0 Å². The molecule has 0 heterocycles. The van der Waals surface area contributed by atoms with Gasteiger partial charge in [0.25, 0.3) is 5.91 Å². The van der Waals surface area contributed by atoms with Gasteiger partial charge in [0.2, 0.25) is 5.91 Å². The normalized spacial score (nSPS) is 26.4. The van der Waals surface area contributed by atoms with Crippen molar-refractivity contribution in [1.82, 2.24) is 10.2 Å². The molecule has 2 aromatic rings. The van der Waals surface area contributed by atoms with E-state index in [1.54, 1.807) is 44.1 Å². The molecule has 48 heavy (non-hydrogen) atoms. The number of aromatic hydroxyl groups is 1. The highest BCUT2D eigenvalue weighted by molar-refractivity contribution is 6.32. The van der Waals surface area contributed by atoms with Crippen LogP contribution >= 0.6 is 0 Å². The van der Waals surface area contributed by atoms with Crippen LogP contribution in [-0.2, 0) is 35.1 Å². The number of aliphatic hydroxyl groups is 1. The average Bonchev–Trinajstić information content (AvgIpc) is 3.01. The Morgan fingerprint density at radius 2 is 1.75 bits per heavy atom. The number of benzene rings is 2. The van der Waals surface area contributed by atoms with Crippen LogP contribution in [0.1, 0.15) is 39.6 Å². The molecule has 14 heteroatoms. The number of fused-ring (bicyclic) bond motifs is 3. The Morgan fingerprint density at radius 1 is 1.06 bits per heavy atom. The Morgan fingerprint density at radius 3 is 2.35 bits per heavy atom. The van der Waals surface area contributed by atoms with Gasteiger partial charge in [-0.15, -0.1) is 0 Å². The molecule has 254 valence electrons. The number of hydrogen-bond donors (Lipinski definition) is 4. The minimum atomic E-state index is -2.83. The molecule has 3 aliphatic carbocycles. The number of hydrogen-bond acceptors (Lipinski definition) is 12. The highest BCUT2D eigenvalue weighted by Gasteiger charge is 2.69. The van der Waals surface area contributed by atoms with Crippen LogP contribution in [0.3, 0.4) is 0 Å². The number of anilines is 1. The molecule has 2 aromatic carbocycles. The van der Waals surface area contributed by atoms with E-state index in [9.17, 15) is 43.8 Å². The van der Waals surface area contributed by atoms with Crippen LogP contribution in [0.5, 0.6) is 5.75 Å². The molecular formula is C34H38N4O10. The van der Waals surface area contributed by atoms with Gasteiger partial charge in [-0.25, -0.2) is 0 Å². The van der Waals surface area contributed by atoms with Crippen LogP contribution in [-0.4, -0.2) is 109 Å². The summed E-state index contributed by atoms with van der Waals surface area (Å²) in [5, 5.41) is 26.0. The average molecular weight is 663 g/mol. The fraction of sp³-hybridized carbons (Fsp3) is 0.441. The predicted molar refractivity (Wildman–Crippen MR) is 170 cm³/mol. The van der Waals surface area contributed by atoms with Crippen LogP contribution in [0.2, 0.25) is 0 Å². The maximum Gasteiger partial charge on any atom is 0.325 e. The van der Waals surface area contributed by atoms with Crippen molar-refractivity contribution in [2.45, 2.75) is 31.4 Å². The maximum absolute atomic E-state index is 14.3. The summed E-state index contributed by atoms with van der Waals surface area (Å²) in [6, 6.07) is 6.62. The Hall–Kier alpha value is -4.95. The monoisotopic (exact) mass is 662 g/mol. The van der Waals surface area contributed by atoms with Gasteiger partial charge in [-0.3, -0.25) is 38.5 Å². The molecule has 2 fully saturated rings. The minimum Gasteiger partial charge on any atom is -0.507 e. The lowest BCUT2D eigenvalue weighted by Crippen LogP contribution is -2.74. The molecule has 0 saturated heterocycles. The molecule has 2 amide bonds. The summed E-state index contributed by atoms with van der Waals surface area (Å²) < 4.78 is 4.84. The zero-order valence-corrected chi connectivity index (χ0v) is 27.2. The number of carbonyl (C=O) groups is 7. The van der Waals surface area contributed by atoms with Crippen LogP contribution < -0.4 is 16.0 Å². The van der Waals surface area contributed by atoms with Crippen molar-refractivity contribution in [1.29, 1.82) is 0 Å². The molecule has 6 unspecified atom stereocenters. The summed E-state index contributed by atoms with van der Waals surface area (Å²) in [5.74, 6) is -12.6. The largest absolute Gasteiger partial charge is 0.507 e. The lowest BCUT2D eigenvalue weighted by Gasteiger charge is -2.52. The summed E-state index contributed by atoms with van der Waals surface area (Å²) >= 11 is 0. The lowest BCUT2D eigenvalue weighted by molar-refractivity contribution is -0.181. The molecule has 0 aromatic heterocycles. The SMILES string of the molecule is CCOC(=O)CNC(=O)c1cccc(-c2cc(N(C)C)c3c(c2O)C(=O)C2C(=O)C4(O)C(=O)C(C(N)=O)C(=O)C(N(C)C)C4CC2C3)c1. The van der Waals surface area contributed by atoms with E-state index >= 15 is 0 Å². The van der Waals surface area contributed by atoms with E-state index < -0.39 is 82.0 Å². The molecular weight excluding hydrogens is 624 g/mol. The van der Waals surface area contributed by atoms with E-state index in [1.165, 1.54) is 31.1 Å². The summed E-state index contributed by atoms with van der Waals surface area (Å²) in [4.78, 5) is 95.4. The van der Waals surface area contributed by atoms with Crippen molar-refractivity contribution < 1.29 is 48.5 Å². The second kappa shape index (κ2) is 12.6. The first-order chi connectivity index (χ1) is 22.6. The summed E-state index contributed by atoms with van der Waals surface area (Å²) in [6.07, 6.45) is 0.0335. The number of phenols is 1. The Kier molecular flexibility index (Phi) is 9.01. The number of primary amides is 1. The molecule has 0 radical (unpaired) electrons. The molecule has 5 N–H and O–H groups in total. The number of nitrogens with two attached hydrogens (primary N) is 1. The third-order valence-corrected chi connectivity index (χ3v) is 9.65. The fourth-order valence-electron chi connectivity index (χ4n) is 7.57. The Labute approximate surface area is 276 Å². The molecule has 14 nitrogen and oxygen atoms in total. The topological polar surface area (TPSA) is 214 Å². The van der Waals surface area contributed by atoms with Gasteiger partial charge in [-0.05, 0) is 69.1 Å². The number of ketones is 4. The number of nitrogens with one attached hydrogen (secondary N) is 1. The van der Waals surface area contributed by atoms with Gasteiger partial charge < -0.3 is 30.9 Å². The Bertz CT molecular complexity index is 1770. The molecule has 5 rings (SSSR count). The highest BCUT2D eigenvalue weighted by atomic mass is 16.5. The second-order valence-electron chi connectivity index (χ2n) is 12.9. The number of ether oxygens (including phenoxy) is 1. The summed E-state index contributed by atoms with van der Waals surface area (Å²) in [5.41, 5.74) is 4.07. The molecule has 0 bridgehead atoms. The van der Waals surface area contributed by atoms with E-state index in [0.29, 0.717) is 16.8 Å². The van der Waals surface area contributed by atoms with Crippen LogP contribution in [0.25, 0.3) is 11.1 Å². The third kappa shape index (κ3) is 5.34. The molecule has 0 aliphatic heterocycles. The van der Waals surface area contributed by atoms with Crippen molar-refractivity contribution >= 4 is 46.6 Å². The van der Waals surface area contributed by atoms with E-state index in [-0.39, 0.29) is 42.7 Å². The maximum atomic E-state index is 14.3. The molecule has 2 saturated carbocycles. The van der Waals surface area contributed by atoms with Gasteiger partial charge in [0.1, 0.15) is 12.3 Å². The first-order valence-corrected chi connectivity index (χ1v) is 15.5. The number of rotatable bonds is 8. The second-order valence-corrected chi connectivity index (χ2v) is 12.9. The molecule has 6 atom stereocenters. The number of esters is 1. The van der Waals surface area contributed by atoms with Crippen molar-refractivity contribution in [2.75, 3.05) is 46.2 Å². The van der Waals surface area contributed by atoms with Gasteiger partial charge in [0.15, 0.2) is 34.7 Å². The number of amides is 2. The number of Topliss-reactive ketones (excluding diaryl/α,β-unsaturated/α-hetero) is 4. The van der Waals surface area contributed by atoms with Crippen molar-refractivity contribution in [3.8, 4) is 16.9 Å². The van der Waals surface area contributed by atoms with E-state index in [2.05, 4.69) is 5.32 Å². The number of likely N-dealkylation sites (N-methyl/N-ethyl adjacent to an activating group) is 1. The van der Waals surface area contributed by atoms with Crippen LogP contribution in [0.15, 0.2) is 30.3 Å². The quantitative estimate of drug-likeness (QED) is 0.215. The van der Waals surface area contributed by atoms with Gasteiger partial charge in [0.05, 0.1) is 24.1 Å². The van der Waals surface area contributed by atoms with Crippen LogP contribution in [0.4, 0.5) is 5.69 Å². The molecule has 3 aliphatic rings. The third-order valence-electron chi connectivity index (χ3n) is 9.65. The van der Waals surface area contributed by atoms with E-state index in [4.69, 9.17) is 10.5 Å². The van der Waals surface area contributed by atoms with Gasteiger partial charge in [-0.2, -0.15) is 0 Å². The summed E-state index contributed by atoms with van der Waals surface area (Å²) in [7, 11) is 6.53. The Balaban J connectivity index is 1.59. The zero-order chi connectivity index (χ0) is 35.4. The van der Waals surface area contributed by atoms with Crippen LogP contribution in [0, 0.1) is 23.7 Å². The number of nitrogens with zero attached hydrogens (tertiary/aromatic N) is 2. The first kappa shape index (κ1) is 34.4. The van der Waals surface area contributed by atoms with Crippen molar-refractivity contribution in [3.63, 3.8) is 0 Å². The highest BCUT2D eigenvalue weighted by Crippen LogP contribution is 2.53.